The van der Waals surface area contributed by atoms with Crippen LogP contribution in [0.2, 0.25) is 0 Å². The third-order valence-electron chi connectivity index (χ3n) is 9.76. The molecule has 0 unspecified atom stereocenters. The number of carbonyl (C=O) groups excluding carboxylic acids is 3. The largest absolute Gasteiger partial charge is 0.359 e. The fourth-order valence-electron chi connectivity index (χ4n) is 6.86. The number of piperazine rings is 1. The number of aromatic amines is 1. The third-order valence-corrected chi connectivity index (χ3v) is 9.76. The normalized spacial score (nSPS) is 17.5. The number of rotatable bonds is 6. The average Bonchev–Trinajstić information content (AvgIpc) is 3.59. The van der Waals surface area contributed by atoms with E-state index in [1.807, 2.05) is 71.6 Å². The van der Waals surface area contributed by atoms with E-state index in [2.05, 4.69) is 60.8 Å². The Balaban J connectivity index is 0.958. The molecule has 0 bridgehead atoms. The summed E-state index contributed by atoms with van der Waals surface area (Å²) in [4.78, 5) is 47.0. The first-order valence-electron chi connectivity index (χ1n) is 17.1. The molecule has 1 saturated carbocycles. The first-order valence-corrected chi connectivity index (χ1v) is 17.1. The number of aromatic nitrogens is 3. The van der Waals surface area contributed by atoms with Crippen LogP contribution in [0.1, 0.15) is 47.3 Å². The Bertz CT molecular complexity index is 2070. The fourth-order valence-corrected chi connectivity index (χ4v) is 6.86. The lowest BCUT2D eigenvalue weighted by molar-refractivity contribution is -0.128. The lowest BCUT2D eigenvalue weighted by Crippen LogP contribution is -2.49. The Hall–Kier alpha value is -5.95. The van der Waals surface area contributed by atoms with Crippen molar-refractivity contribution in [2.24, 2.45) is 11.8 Å². The van der Waals surface area contributed by atoms with Crippen molar-refractivity contribution in [1.29, 1.82) is 0 Å². The van der Waals surface area contributed by atoms with E-state index in [0.717, 1.165) is 46.3 Å². The number of H-pyrrole nitrogens is 1. The molecule has 10 heteroatoms. The van der Waals surface area contributed by atoms with Gasteiger partial charge in [0.15, 0.2) is 0 Å². The van der Waals surface area contributed by atoms with Crippen LogP contribution in [0.4, 0.5) is 11.5 Å². The van der Waals surface area contributed by atoms with E-state index in [9.17, 15) is 14.4 Å². The van der Waals surface area contributed by atoms with Crippen LogP contribution < -0.4 is 15.5 Å². The summed E-state index contributed by atoms with van der Waals surface area (Å²) >= 11 is 0. The van der Waals surface area contributed by atoms with Crippen LogP contribution in [0.3, 0.4) is 0 Å². The van der Waals surface area contributed by atoms with E-state index < -0.39 is 0 Å². The number of amides is 3. The van der Waals surface area contributed by atoms with E-state index in [-0.39, 0.29) is 29.6 Å². The summed E-state index contributed by atoms with van der Waals surface area (Å²) in [5.41, 5.74) is 5.75. The summed E-state index contributed by atoms with van der Waals surface area (Å²) in [5.74, 6) is 7.27. The first-order chi connectivity index (χ1) is 24.5. The predicted octanol–water partition coefficient (Wildman–Crippen LogP) is 5.48. The predicted molar refractivity (Wildman–Crippen MR) is 194 cm³/mol. The van der Waals surface area contributed by atoms with Gasteiger partial charge in [-0.3, -0.25) is 19.5 Å². The topological polar surface area (TPSA) is 123 Å². The minimum absolute atomic E-state index is 0.00609. The van der Waals surface area contributed by atoms with Gasteiger partial charge in [-0.25, -0.2) is 4.98 Å². The summed E-state index contributed by atoms with van der Waals surface area (Å²) in [6, 6.07) is 27.6. The molecule has 5 aromatic rings. The Morgan fingerprint density at radius 2 is 1.52 bits per heavy atom. The number of fused-ring (bicyclic) bond motifs is 1. The summed E-state index contributed by atoms with van der Waals surface area (Å²) in [6.07, 6.45) is 4.54. The highest BCUT2D eigenvalue weighted by atomic mass is 16.2. The first kappa shape index (κ1) is 32.6. The van der Waals surface area contributed by atoms with Crippen molar-refractivity contribution in [3.8, 4) is 23.0 Å². The Kier molecular flexibility index (Phi) is 9.56. The quantitative estimate of drug-likeness (QED) is 0.207. The molecule has 2 aromatic heterocycles. The molecule has 3 heterocycles. The number of nitrogens with zero attached hydrogens (tertiary/aromatic N) is 4. The number of hydrogen-bond acceptors (Lipinski definition) is 6. The molecule has 2 aliphatic rings. The number of hydrogen-bond donors (Lipinski definition) is 3. The fraction of sp³-hybridized carbons (Fsp3) is 0.275. The highest BCUT2D eigenvalue weighted by Crippen LogP contribution is 2.30. The van der Waals surface area contributed by atoms with E-state index in [1.165, 1.54) is 0 Å². The van der Waals surface area contributed by atoms with Crippen molar-refractivity contribution in [2.45, 2.75) is 25.7 Å². The summed E-state index contributed by atoms with van der Waals surface area (Å²) in [5, 5.41) is 14.0. The Morgan fingerprint density at radius 1 is 0.800 bits per heavy atom. The van der Waals surface area contributed by atoms with E-state index >= 15 is 0 Å². The molecule has 10 nitrogen and oxygen atoms in total. The third kappa shape index (κ3) is 7.08. The maximum Gasteiger partial charge on any atom is 0.253 e. The zero-order valence-electron chi connectivity index (χ0n) is 28.0. The SMILES string of the molecule is CNC(=O)C1CCC(C(=O)Nc2ccc(N3CCN(C(=O)c4ccc5n[nH]c(C#Cc6ccccc6-c6ccccc6)c5c4)CC3)nc2)CC1. The van der Waals surface area contributed by atoms with Crippen LogP contribution >= 0.6 is 0 Å². The molecule has 3 aromatic carbocycles. The summed E-state index contributed by atoms with van der Waals surface area (Å²) in [7, 11) is 1.65. The maximum atomic E-state index is 13.6. The van der Waals surface area contributed by atoms with Gasteiger partial charge >= 0.3 is 0 Å². The molecule has 50 heavy (non-hydrogen) atoms. The van der Waals surface area contributed by atoms with E-state index in [0.29, 0.717) is 56.0 Å². The molecular formula is C40H39N7O3. The van der Waals surface area contributed by atoms with Crippen LogP contribution in [-0.2, 0) is 9.59 Å². The van der Waals surface area contributed by atoms with Gasteiger partial charge in [0, 0.05) is 61.6 Å². The molecular weight excluding hydrogens is 626 g/mol. The molecule has 0 spiro atoms. The van der Waals surface area contributed by atoms with Crippen LogP contribution in [-0.4, -0.2) is 71.0 Å². The Morgan fingerprint density at radius 3 is 2.24 bits per heavy atom. The second kappa shape index (κ2) is 14.7. The molecule has 3 N–H and O–H groups in total. The number of pyridine rings is 1. The van der Waals surface area contributed by atoms with Crippen molar-refractivity contribution in [3.05, 3.63) is 108 Å². The van der Waals surface area contributed by atoms with Gasteiger partial charge in [-0.15, -0.1) is 0 Å². The smallest absolute Gasteiger partial charge is 0.253 e. The number of nitrogens with one attached hydrogen (secondary N) is 3. The molecule has 0 atom stereocenters. The van der Waals surface area contributed by atoms with Crippen molar-refractivity contribution >= 4 is 40.1 Å². The molecule has 1 aliphatic carbocycles. The molecule has 1 saturated heterocycles. The molecule has 3 amide bonds. The van der Waals surface area contributed by atoms with Crippen molar-refractivity contribution in [2.75, 3.05) is 43.4 Å². The van der Waals surface area contributed by atoms with Gasteiger partial charge in [0.1, 0.15) is 11.5 Å². The van der Waals surface area contributed by atoms with Crippen LogP contribution in [0.15, 0.2) is 91.1 Å². The highest BCUT2D eigenvalue weighted by Gasteiger charge is 2.30. The lowest BCUT2D eigenvalue weighted by atomic mass is 9.81. The number of anilines is 2. The highest BCUT2D eigenvalue weighted by molar-refractivity contribution is 5.99. The lowest BCUT2D eigenvalue weighted by Gasteiger charge is -2.35. The van der Waals surface area contributed by atoms with Gasteiger partial charge in [0.05, 0.1) is 17.4 Å². The van der Waals surface area contributed by atoms with E-state index in [4.69, 9.17) is 0 Å². The van der Waals surface area contributed by atoms with Crippen LogP contribution in [0.25, 0.3) is 22.0 Å². The number of carbonyl (C=O) groups is 3. The minimum Gasteiger partial charge on any atom is -0.359 e. The zero-order chi connectivity index (χ0) is 34.5. The second-order valence-electron chi connectivity index (χ2n) is 12.8. The van der Waals surface area contributed by atoms with Gasteiger partial charge in [-0.1, -0.05) is 54.5 Å². The van der Waals surface area contributed by atoms with Gasteiger partial charge < -0.3 is 20.4 Å². The molecule has 1 aliphatic heterocycles. The second-order valence-corrected chi connectivity index (χ2v) is 12.8. The van der Waals surface area contributed by atoms with Crippen molar-refractivity contribution < 1.29 is 14.4 Å². The minimum atomic E-state index is -0.0997. The van der Waals surface area contributed by atoms with Gasteiger partial charge in [-0.2, -0.15) is 5.10 Å². The van der Waals surface area contributed by atoms with Gasteiger partial charge in [0.25, 0.3) is 5.91 Å². The Labute approximate surface area is 291 Å². The molecule has 252 valence electrons. The van der Waals surface area contributed by atoms with Gasteiger partial charge in [-0.05, 0) is 79.1 Å². The average molecular weight is 666 g/mol. The summed E-state index contributed by atoms with van der Waals surface area (Å²) in [6.45, 7) is 2.41. The molecule has 7 rings (SSSR count). The standard InChI is InChI=1S/C40H39N7O3/c1-41-38(48)29-11-13-30(14-12-29)39(49)43-32-17-20-37(42-26-32)46-21-23-47(24-22-46)40(50)31-16-19-36-34(25-31)35(44-45-36)18-15-28-9-5-6-10-33(28)27-7-3-2-4-8-27/h2-10,16-17,19-20,25-26,29-30H,11-14,21-24H2,1H3,(H,41,48)(H,43,49)(H,44,45). The summed E-state index contributed by atoms with van der Waals surface area (Å²) < 4.78 is 0. The molecule has 0 radical (unpaired) electrons. The van der Waals surface area contributed by atoms with Crippen molar-refractivity contribution in [3.63, 3.8) is 0 Å². The van der Waals surface area contributed by atoms with Crippen LogP contribution in [0, 0.1) is 23.7 Å². The zero-order valence-corrected chi connectivity index (χ0v) is 28.0. The molecule has 2 fully saturated rings. The van der Waals surface area contributed by atoms with Crippen molar-refractivity contribution in [1.82, 2.24) is 25.4 Å². The number of benzene rings is 3. The maximum absolute atomic E-state index is 13.6. The van der Waals surface area contributed by atoms with Gasteiger partial charge in [0.2, 0.25) is 11.8 Å². The monoisotopic (exact) mass is 665 g/mol. The van der Waals surface area contributed by atoms with Crippen LogP contribution in [0.5, 0.6) is 0 Å². The van der Waals surface area contributed by atoms with E-state index in [1.54, 1.807) is 13.2 Å².